The van der Waals surface area contributed by atoms with E-state index in [2.05, 4.69) is 10.4 Å². The number of aromatic nitrogens is 2. The number of amides is 1. The van der Waals surface area contributed by atoms with Gasteiger partial charge in [-0.2, -0.15) is 5.10 Å². The van der Waals surface area contributed by atoms with Crippen molar-refractivity contribution in [3.05, 3.63) is 52.4 Å². The van der Waals surface area contributed by atoms with E-state index in [4.69, 9.17) is 0 Å². The lowest BCUT2D eigenvalue weighted by molar-refractivity contribution is -0.117. The van der Waals surface area contributed by atoms with Gasteiger partial charge in [0.05, 0.1) is 5.69 Å². The van der Waals surface area contributed by atoms with E-state index in [1.54, 1.807) is 17.8 Å². The van der Waals surface area contributed by atoms with Crippen LogP contribution in [0.3, 0.4) is 0 Å². The van der Waals surface area contributed by atoms with Crippen LogP contribution in [-0.4, -0.2) is 21.9 Å². The van der Waals surface area contributed by atoms with E-state index in [1.807, 2.05) is 30.5 Å². The molecule has 1 aromatic carbocycles. The molecule has 0 radical (unpaired) electrons. The largest absolute Gasteiger partial charge is 0.324 e. The van der Waals surface area contributed by atoms with Gasteiger partial charge in [0.25, 0.3) is 5.56 Å². The highest BCUT2D eigenvalue weighted by molar-refractivity contribution is 7.98. The minimum atomic E-state index is -0.252. The first kappa shape index (κ1) is 14.8. The fourth-order valence-corrected chi connectivity index (χ4v) is 2.67. The van der Waals surface area contributed by atoms with Gasteiger partial charge in [-0.1, -0.05) is 6.07 Å². The van der Waals surface area contributed by atoms with Crippen LogP contribution in [-0.2, 0) is 11.3 Å². The van der Waals surface area contributed by atoms with Crippen molar-refractivity contribution in [2.45, 2.75) is 30.2 Å². The first-order valence-corrected chi connectivity index (χ1v) is 8.40. The van der Waals surface area contributed by atoms with Gasteiger partial charge in [0.1, 0.15) is 6.54 Å². The summed E-state index contributed by atoms with van der Waals surface area (Å²) in [5, 5.41) is 7.09. The van der Waals surface area contributed by atoms with Crippen LogP contribution in [0.25, 0.3) is 0 Å². The summed E-state index contributed by atoms with van der Waals surface area (Å²) >= 11 is 1.61. The van der Waals surface area contributed by atoms with Crippen LogP contribution in [0.2, 0.25) is 0 Å². The Morgan fingerprint density at radius 1 is 1.36 bits per heavy atom. The molecule has 1 amide bonds. The molecule has 114 valence electrons. The number of nitrogens with zero attached hydrogens (tertiary/aromatic N) is 2. The fraction of sp³-hybridized carbons (Fsp3) is 0.312. The van der Waals surface area contributed by atoms with Crippen molar-refractivity contribution in [2.75, 3.05) is 11.6 Å². The molecule has 1 saturated carbocycles. The van der Waals surface area contributed by atoms with Gasteiger partial charge in [-0.05, 0) is 43.4 Å². The second-order valence-corrected chi connectivity index (χ2v) is 6.19. The van der Waals surface area contributed by atoms with Crippen LogP contribution < -0.4 is 10.9 Å². The summed E-state index contributed by atoms with van der Waals surface area (Å²) in [6.07, 6.45) is 4.20. The van der Waals surface area contributed by atoms with Crippen LogP contribution >= 0.6 is 11.8 Å². The van der Waals surface area contributed by atoms with Crippen molar-refractivity contribution < 1.29 is 4.79 Å². The van der Waals surface area contributed by atoms with Crippen LogP contribution in [0, 0.1) is 0 Å². The number of nitrogens with one attached hydrogen (secondary N) is 1. The summed E-state index contributed by atoms with van der Waals surface area (Å²) in [4.78, 5) is 25.0. The summed E-state index contributed by atoms with van der Waals surface area (Å²) in [5.41, 5.74) is 1.37. The van der Waals surface area contributed by atoms with Gasteiger partial charge in [0.15, 0.2) is 0 Å². The van der Waals surface area contributed by atoms with E-state index in [0.717, 1.165) is 29.1 Å². The van der Waals surface area contributed by atoms with Gasteiger partial charge < -0.3 is 5.32 Å². The molecule has 5 nitrogen and oxygen atoms in total. The smallest absolute Gasteiger partial charge is 0.267 e. The molecule has 1 heterocycles. The van der Waals surface area contributed by atoms with Gasteiger partial charge >= 0.3 is 0 Å². The highest BCUT2D eigenvalue weighted by atomic mass is 32.2. The molecule has 22 heavy (non-hydrogen) atoms. The zero-order valence-corrected chi connectivity index (χ0v) is 13.1. The minimum Gasteiger partial charge on any atom is -0.324 e. The molecule has 6 heteroatoms. The Balaban J connectivity index is 1.71. The van der Waals surface area contributed by atoms with Crippen molar-refractivity contribution >= 4 is 23.4 Å². The van der Waals surface area contributed by atoms with Crippen molar-refractivity contribution in [3.63, 3.8) is 0 Å². The third kappa shape index (κ3) is 3.57. The van der Waals surface area contributed by atoms with E-state index in [-0.39, 0.29) is 18.0 Å². The van der Waals surface area contributed by atoms with Gasteiger partial charge in [-0.15, -0.1) is 11.8 Å². The highest BCUT2D eigenvalue weighted by Gasteiger charge is 2.25. The number of thioether (sulfide) groups is 1. The summed E-state index contributed by atoms with van der Waals surface area (Å²) < 4.78 is 1.24. The van der Waals surface area contributed by atoms with Crippen molar-refractivity contribution in [2.24, 2.45) is 0 Å². The van der Waals surface area contributed by atoms with Crippen LogP contribution in [0.4, 0.5) is 5.69 Å². The number of anilines is 1. The average Bonchev–Trinajstić information content (AvgIpc) is 3.34. The Morgan fingerprint density at radius 2 is 2.18 bits per heavy atom. The quantitative estimate of drug-likeness (QED) is 0.861. The Morgan fingerprint density at radius 3 is 2.91 bits per heavy atom. The highest BCUT2D eigenvalue weighted by Crippen LogP contribution is 2.38. The van der Waals surface area contributed by atoms with Crippen molar-refractivity contribution in [1.82, 2.24) is 9.78 Å². The molecule has 2 aromatic rings. The van der Waals surface area contributed by atoms with E-state index in [1.165, 1.54) is 10.7 Å². The van der Waals surface area contributed by atoms with Crippen LogP contribution in [0.1, 0.15) is 24.5 Å². The molecule has 0 aliphatic heterocycles. The number of benzene rings is 1. The Labute approximate surface area is 132 Å². The summed E-state index contributed by atoms with van der Waals surface area (Å²) in [6.45, 7) is -0.0666. The predicted molar refractivity (Wildman–Crippen MR) is 87.3 cm³/mol. The van der Waals surface area contributed by atoms with Gasteiger partial charge in [0.2, 0.25) is 5.91 Å². The number of carbonyl (C=O) groups is 1. The molecule has 1 aliphatic rings. The van der Waals surface area contributed by atoms with E-state index < -0.39 is 0 Å². The lowest BCUT2D eigenvalue weighted by Gasteiger charge is -2.08. The third-order valence-electron chi connectivity index (χ3n) is 3.53. The number of carbonyl (C=O) groups excluding carboxylic acids is 1. The molecule has 1 fully saturated rings. The standard InChI is InChI=1S/C16H17N3O2S/c1-22-13-4-2-3-12(9-13)17-15(20)10-19-16(21)8-7-14(18-19)11-5-6-11/h2-4,7-9,11H,5-6,10H2,1H3,(H,17,20). The van der Waals surface area contributed by atoms with Gasteiger partial charge in [-0.25, -0.2) is 4.68 Å². The number of hydrogen-bond donors (Lipinski definition) is 1. The molecule has 0 bridgehead atoms. The molecule has 1 aromatic heterocycles. The molecular formula is C16H17N3O2S. The second kappa shape index (κ2) is 6.36. The first-order valence-electron chi connectivity index (χ1n) is 7.17. The predicted octanol–water partition coefficient (Wildman–Crippen LogP) is 2.48. The van der Waals surface area contributed by atoms with E-state index >= 15 is 0 Å². The lowest BCUT2D eigenvalue weighted by atomic mass is 10.3. The molecule has 0 spiro atoms. The molecule has 0 unspecified atom stereocenters. The Hall–Kier alpha value is -2.08. The summed E-state index contributed by atoms with van der Waals surface area (Å²) in [6, 6.07) is 10.8. The molecular weight excluding hydrogens is 298 g/mol. The number of rotatable bonds is 5. The van der Waals surface area contributed by atoms with Crippen LogP contribution in [0.15, 0.2) is 46.1 Å². The molecule has 0 saturated heterocycles. The van der Waals surface area contributed by atoms with Gasteiger partial charge in [-0.3, -0.25) is 9.59 Å². The molecule has 1 N–H and O–H groups in total. The summed E-state index contributed by atoms with van der Waals surface area (Å²) in [5.74, 6) is 0.203. The van der Waals surface area contributed by atoms with Crippen molar-refractivity contribution in [1.29, 1.82) is 0 Å². The summed E-state index contributed by atoms with van der Waals surface area (Å²) in [7, 11) is 0. The normalized spacial score (nSPS) is 13.9. The van der Waals surface area contributed by atoms with E-state index in [9.17, 15) is 9.59 Å². The average molecular weight is 315 g/mol. The lowest BCUT2D eigenvalue weighted by Crippen LogP contribution is -2.29. The maximum atomic E-state index is 12.1. The third-order valence-corrected chi connectivity index (χ3v) is 4.26. The molecule has 1 aliphatic carbocycles. The molecule has 0 atom stereocenters. The Bertz CT molecular complexity index is 753. The van der Waals surface area contributed by atoms with E-state index in [0.29, 0.717) is 5.92 Å². The first-order chi connectivity index (χ1) is 10.7. The maximum Gasteiger partial charge on any atom is 0.267 e. The monoisotopic (exact) mass is 315 g/mol. The van der Waals surface area contributed by atoms with Gasteiger partial charge in [0, 0.05) is 22.6 Å². The van der Waals surface area contributed by atoms with Crippen LogP contribution in [0.5, 0.6) is 0 Å². The minimum absolute atomic E-state index is 0.0666. The zero-order chi connectivity index (χ0) is 15.5. The SMILES string of the molecule is CSc1cccc(NC(=O)Cn2nc(C3CC3)ccc2=O)c1. The zero-order valence-electron chi connectivity index (χ0n) is 12.3. The molecule has 3 rings (SSSR count). The second-order valence-electron chi connectivity index (χ2n) is 5.31. The maximum absolute atomic E-state index is 12.1. The number of hydrogen-bond acceptors (Lipinski definition) is 4. The fourth-order valence-electron chi connectivity index (χ4n) is 2.21. The Kier molecular flexibility index (Phi) is 4.29. The van der Waals surface area contributed by atoms with Crippen molar-refractivity contribution in [3.8, 4) is 0 Å². The topological polar surface area (TPSA) is 64.0 Å².